The van der Waals surface area contributed by atoms with E-state index in [1.165, 1.54) is 0 Å². The zero-order chi connectivity index (χ0) is 15.1. The summed E-state index contributed by atoms with van der Waals surface area (Å²) in [6, 6.07) is 1.87. The Morgan fingerprint density at radius 2 is 1.95 bits per heavy atom. The summed E-state index contributed by atoms with van der Waals surface area (Å²) < 4.78 is 25.9. The van der Waals surface area contributed by atoms with Gasteiger partial charge in [-0.1, -0.05) is 0 Å². The highest BCUT2D eigenvalue weighted by Gasteiger charge is 2.21. The fourth-order valence-electron chi connectivity index (χ4n) is 1.68. The third-order valence-corrected chi connectivity index (χ3v) is 2.67. The normalized spacial score (nSPS) is 12.2. The number of aliphatic hydroxyl groups excluding tert-OH is 1. The van der Waals surface area contributed by atoms with E-state index in [1.54, 1.807) is 0 Å². The summed E-state index contributed by atoms with van der Waals surface area (Å²) in [6.07, 6.45) is -0.258. The number of rotatable bonds is 8. The quantitative estimate of drug-likeness (QED) is 0.620. The van der Waals surface area contributed by atoms with Crippen LogP contribution in [0.5, 0.6) is 0 Å². The molecule has 0 aliphatic carbocycles. The Bertz CT molecular complexity index is 493. The van der Waals surface area contributed by atoms with Crippen LogP contribution in [-0.4, -0.2) is 41.2 Å². The van der Waals surface area contributed by atoms with E-state index in [9.17, 15) is 18.4 Å². The lowest BCUT2D eigenvalue weighted by Gasteiger charge is -2.16. The molecule has 1 rings (SSSR count). The number of benzene rings is 1. The molecule has 3 N–H and O–H groups in total. The van der Waals surface area contributed by atoms with Crippen LogP contribution in [0.15, 0.2) is 18.2 Å². The maximum atomic E-state index is 13.1. The summed E-state index contributed by atoms with van der Waals surface area (Å²) in [7, 11) is 0. The van der Waals surface area contributed by atoms with Crippen molar-refractivity contribution in [2.45, 2.75) is 18.9 Å². The van der Waals surface area contributed by atoms with Crippen molar-refractivity contribution in [3.8, 4) is 0 Å². The lowest BCUT2D eigenvalue weighted by atomic mass is 10.00. The minimum Gasteiger partial charge on any atom is -0.481 e. The molecule has 7 heteroatoms. The van der Waals surface area contributed by atoms with E-state index in [4.69, 9.17) is 10.2 Å². The molecule has 0 aliphatic heterocycles. The zero-order valence-corrected chi connectivity index (χ0v) is 10.6. The van der Waals surface area contributed by atoms with Gasteiger partial charge in [0.05, 0.1) is 12.6 Å². The Hall–Kier alpha value is -1.86. The summed E-state index contributed by atoms with van der Waals surface area (Å²) in [5, 5.41) is 20.0. The number of halogens is 2. The van der Waals surface area contributed by atoms with Gasteiger partial charge in [-0.15, -0.1) is 0 Å². The van der Waals surface area contributed by atoms with Crippen molar-refractivity contribution in [2.24, 2.45) is 0 Å². The van der Waals surface area contributed by atoms with Crippen molar-refractivity contribution >= 4 is 11.8 Å². The van der Waals surface area contributed by atoms with Crippen LogP contribution in [0.4, 0.5) is 8.78 Å². The number of ketones is 1. The van der Waals surface area contributed by atoms with Crippen LogP contribution in [0.25, 0.3) is 0 Å². The highest BCUT2D eigenvalue weighted by Crippen LogP contribution is 2.13. The number of Topliss-reactive ketones (excluding diaryl/α,β-unsaturated/α-hetero) is 1. The predicted molar refractivity (Wildman–Crippen MR) is 66.4 cm³/mol. The Morgan fingerprint density at radius 1 is 1.25 bits per heavy atom. The Kier molecular flexibility index (Phi) is 6.20. The first kappa shape index (κ1) is 16.2. The van der Waals surface area contributed by atoms with Crippen LogP contribution in [-0.2, 0) is 4.79 Å². The Labute approximate surface area is 114 Å². The highest BCUT2D eigenvalue weighted by atomic mass is 19.2. The molecule has 0 fully saturated rings. The molecule has 110 valence electrons. The van der Waals surface area contributed by atoms with Crippen LogP contribution in [0.1, 0.15) is 23.2 Å². The summed E-state index contributed by atoms with van der Waals surface area (Å²) in [5.41, 5.74) is -0.0512. The molecule has 0 bridgehead atoms. The van der Waals surface area contributed by atoms with Gasteiger partial charge in [-0.2, -0.15) is 0 Å². The van der Waals surface area contributed by atoms with Crippen LogP contribution in [0.3, 0.4) is 0 Å². The van der Waals surface area contributed by atoms with Crippen LogP contribution in [0, 0.1) is 11.6 Å². The fraction of sp³-hybridized carbons (Fsp3) is 0.385. The van der Waals surface area contributed by atoms with E-state index in [1.807, 2.05) is 0 Å². The number of aliphatic carboxylic acids is 1. The number of hydrogen-bond acceptors (Lipinski definition) is 4. The van der Waals surface area contributed by atoms with Crippen molar-refractivity contribution in [2.75, 3.05) is 13.2 Å². The third-order valence-electron chi connectivity index (χ3n) is 2.67. The Morgan fingerprint density at radius 3 is 2.50 bits per heavy atom. The van der Waals surface area contributed by atoms with Gasteiger partial charge >= 0.3 is 5.97 Å². The standard InChI is InChI=1S/C13H15F2NO4/c14-9-2-1-8(7-10(9)15)13(20)11(16-5-6-17)3-4-12(18)19/h1-2,7,11,16-17H,3-6H2,(H,18,19). The molecule has 0 heterocycles. The van der Waals surface area contributed by atoms with Crippen molar-refractivity contribution in [3.63, 3.8) is 0 Å². The molecular weight excluding hydrogens is 272 g/mol. The van der Waals surface area contributed by atoms with E-state index in [0.717, 1.165) is 18.2 Å². The van der Waals surface area contributed by atoms with E-state index >= 15 is 0 Å². The number of carbonyl (C=O) groups is 2. The number of carboxylic acid groups (broad SMARTS) is 1. The molecule has 0 spiro atoms. The van der Waals surface area contributed by atoms with Gasteiger partial charge in [-0.05, 0) is 24.6 Å². The topological polar surface area (TPSA) is 86.6 Å². The van der Waals surface area contributed by atoms with Gasteiger partial charge in [-0.3, -0.25) is 9.59 Å². The van der Waals surface area contributed by atoms with Gasteiger partial charge in [0.2, 0.25) is 0 Å². The number of carboxylic acids is 1. The Balaban J connectivity index is 2.84. The summed E-state index contributed by atoms with van der Waals surface area (Å²) >= 11 is 0. The van der Waals surface area contributed by atoms with Crippen LogP contribution >= 0.6 is 0 Å². The SMILES string of the molecule is O=C(O)CCC(NCCO)C(=O)c1ccc(F)c(F)c1. The molecule has 1 atom stereocenters. The second-order valence-electron chi connectivity index (χ2n) is 4.16. The molecule has 0 aromatic heterocycles. The third kappa shape index (κ3) is 4.67. The minimum atomic E-state index is -1.14. The zero-order valence-electron chi connectivity index (χ0n) is 10.6. The van der Waals surface area contributed by atoms with E-state index in [0.29, 0.717) is 0 Å². The molecule has 20 heavy (non-hydrogen) atoms. The smallest absolute Gasteiger partial charge is 0.303 e. The van der Waals surface area contributed by atoms with E-state index in [-0.39, 0.29) is 31.6 Å². The molecule has 1 unspecified atom stereocenters. The number of carbonyl (C=O) groups excluding carboxylic acids is 1. The molecular formula is C13H15F2NO4. The van der Waals surface area contributed by atoms with Gasteiger partial charge < -0.3 is 15.5 Å². The summed E-state index contributed by atoms with van der Waals surface area (Å²) in [6.45, 7) is -0.131. The largest absolute Gasteiger partial charge is 0.481 e. The van der Waals surface area contributed by atoms with Crippen molar-refractivity contribution < 1.29 is 28.6 Å². The second kappa shape index (κ2) is 7.66. The molecule has 0 saturated heterocycles. The summed E-state index contributed by atoms with van der Waals surface area (Å²) in [4.78, 5) is 22.6. The van der Waals surface area contributed by atoms with Crippen molar-refractivity contribution in [3.05, 3.63) is 35.4 Å². The average molecular weight is 287 g/mol. The molecule has 5 nitrogen and oxygen atoms in total. The minimum absolute atomic E-state index is 0.00678. The lowest BCUT2D eigenvalue weighted by molar-refractivity contribution is -0.137. The maximum absolute atomic E-state index is 13.1. The van der Waals surface area contributed by atoms with Gasteiger partial charge in [-0.25, -0.2) is 8.78 Å². The fourth-order valence-corrected chi connectivity index (χ4v) is 1.68. The first-order valence-corrected chi connectivity index (χ1v) is 6.01. The first-order chi connectivity index (χ1) is 9.45. The predicted octanol–water partition coefficient (Wildman–Crippen LogP) is 0.963. The molecule has 0 aliphatic rings. The first-order valence-electron chi connectivity index (χ1n) is 6.01. The molecule has 0 saturated carbocycles. The monoisotopic (exact) mass is 287 g/mol. The van der Waals surface area contributed by atoms with Gasteiger partial charge in [0.15, 0.2) is 17.4 Å². The molecule has 0 amide bonds. The number of nitrogens with one attached hydrogen (secondary N) is 1. The molecule has 1 aromatic rings. The van der Waals surface area contributed by atoms with Gasteiger partial charge in [0.25, 0.3) is 0 Å². The maximum Gasteiger partial charge on any atom is 0.303 e. The van der Waals surface area contributed by atoms with E-state index < -0.39 is 29.4 Å². The van der Waals surface area contributed by atoms with Crippen LogP contribution < -0.4 is 5.32 Å². The number of hydrogen-bond donors (Lipinski definition) is 3. The van der Waals surface area contributed by atoms with E-state index in [2.05, 4.69) is 5.32 Å². The lowest BCUT2D eigenvalue weighted by Crippen LogP contribution is -2.39. The molecule has 1 aromatic carbocycles. The van der Waals surface area contributed by atoms with Gasteiger partial charge in [0, 0.05) is 18.5 Å². The number of aliphatic hydroxyl groups is 1. The highest BCUT2D eigenvalue weighted by molar-refractivity contribution is 6.00. The van der Waals surface area contributed by atoms with Gasteiger partial charge in [0.1, 0.15) is 0 Å². The molecule has 0 radical (unpaired) electrons. The van der Waals surface area contributed by atoms with Crippen molar-refractivity contribution in [1.29, 1.82) is 0 Å². The van der Waals surface area contributed by atoms with Crippen molar-refractivity contribution in [1.82, 2.24) is 5.32 Å². The van der Waals surface area contributed by atoms with Crippen LogP contribution in [0.2, 0.25) is 0 Å². The second-order valence-corrected chi connectivity index (χ2v) is 4.16. The summed E-state index contributed by atoms with van der Waals surface area (Å²) in [5.74, 6) is -3.82. The average Bonchev–Trinajstić information content (AvgIpc) is 2.41.